The number of methoxy groups -OCH3 is 1. The van der Waals surface area contributed by atoms with Crippen LogP contribution >= 0.6 is 11.6 Å². The molecule has 6 nitrogen and oxygen atoms in total. The normalized spacial score (nSPS) is 10.3. The largest absolute Gasteiger partial charge is 0.497 e. The Morgan fingerprint density at radius 3 is 2.52 bits per heavy atom. The van der Waals surface area contributed by atoms with E-state index >= 15 is 0 Å². The first-order valence-electron chi connectivity index (χ1n) is 6.62. The van der Waals surface area contributed by atoms with Crippen molar-refractivity contribution in [3.8, 4) is 5.75 Å². The second kappa shape index (κ2) is 7.95. The van der Waals surface area contributed by atoms with E-state index in [1.165, 1.54) is 6.21 Å². The van der Waals surface area contributed by atoms with Crippen molar-refractivity contribution in [2.75, 3.05) is 12.4 Å². The van der Waals surface area contributed by atoms with Crippen LogP contribution in [0, 0.1) is 0 Å². The summed E-state index contributed by atoms with van der Waals surface area (Å²) in [5.74, 6) is -1.05. The quantitative estimate of drug-likeness (QED) is 0.513. The molecule has 2 aromatic carbocycles. The van der Waals surface area contributed by atoms with Crippen molar-refractivity contribution < 1.29 is 14.3 Å². The number of nitrogens with one attached hydrogen (secondary N) is 2. The third-order valence-corrected chi connectivity index (χ3v) is 3.02. The third kappa shape index (κ3) is 5.12. The van der Waals surface area contributed by atoms with Crippen molar-refractivity contribution in [1.29, 1.82) is 0 Å². The predicted molar refractivity (Wildman–Crippen MR) is 88.8 cm³/mol. The molecule has 0 heterocycles. The lowest BCUT2D eigenvalue weighted by Crippen LogP contribution is -2.32. The van der Waals surface area contributed by atoms with Gasteiger partial charge in [-0.25, -0.2) is 5.43 Å². The number of hydrazone groups is 1. The molecule has 0 aromatic heterocycles. The molecule has 0 saturated heterocycles. The average Bonchev–Trinajstić information content (AvgIpc) is 2.55. The fourth-order valence-electron chi connectivity index (χ4n) is 1.67. The van der Waals surface area contributed by atoms with Gasteiger partial charge in [-0.3, -0.25) is 9.59 Å². The van der Waals surface area contributed by atoms with Crippen molar-refractivity contribution in [2.45, 2.75) is 0 Å². The molecule has 118 valence electrons. The Morgan fingerprint density at radius 2 is 1.87 bits per heavy atom. The number of carbonyl (C=O) groups excluding carboxylic acids is 2. The predicted octanol–water partition coefficient (Wildman–Crippen LogP) is 2.44. The van der Waals surface area contributed by atoms with Crippen LogP contribution in [0.4, 0.5) is 5.69 Å². The molecule has 0 aliphatic rings. The van der Waals surface area contributed by atoms with Gasteiger partial charge in [-0.05, 0) is 42.0 Å². The highest BCUT2D eigenvalue weighted by atomic mass is 35.5. The fourth-order valence-corrected chi connectivity index (χ4v) is 1.86. The number of benzene rings is 2. The summed E-state index contributed by atoms with van der Waals surface area (Å²) in [5, 5.41) is 6.71. The maximum atomic E-state index is 11.7. The summed E-state index contributed by atoms with van der Waals surface area (Å²) in [5.41, 5.74) is 3.32. The van der Waals surface area contributed by atoms with Gasteiger partial charge < -0.3 is 10.1 Å². The summed E-state index contributed by atoms with van der Waals surface area (Å²) in [6, 6.07) is 13.5. The highest BCUT2D eigenvalue weighted by Crippen LogP contribution is 2.14. The molecule has 2 amide bonds. The molecule has 0 fully saturated rings. The van der Waals surface area contributed by atoms with Gasteiger partial charge in [0.1, 0.15) is 5.75 Å². The second-order valence-corrected chi connectivity index (χ2v) is 4.87. The topological polar surface area (TPSA) is 79.8 Å². The summed E-state index contributed by atoms with van der Waals surface area (Å²) in [6.07, 6.45) is 1.39. The van der Waals surface area contributed by atoms with E-state index < -0.39 is 11.8 Å². The van der Waals surface area contributed by atoms with Crippen LogP contribution in [0.5, 0.6) is 5.75 Å². The molecule has 2 N–H and O–H groups in total. The molecule has 0 spiro atoms. The van der Waals surface area contributed by atoms with Gasteiger partial charge in [0.15, 0.2) is 0 Å². The van der Waals surface area contributed by atoms with Gasteiger partial charge in [-0.2, -0.15) is 5.10 Å². The third-order valence-electron chi connectivity index (χ3n) is 2.78. The zero-order valence-corrected chi connectivity index (χ0v) is 13.0. The van der Waals surface area contributed by atoms with Crippen LogP contribution in [-0.4, -0.2) is 25.1 Å². The van der Waals surface area contributed by atoms with Crippen LogP contribution in [0.1, 0.15) is 5.56 Å². The first kappa shape index (κ1) is 16.5. The van der Waals surface area contributed by atoms with E-state index in [0.29, 0.717) is 22.0 Å². The minimum atomic E-state index is -0.876. The molecular weight excluding hydrogens is 318 g/mol. The van der Waals surface area contributed by atoms with Crippen LogP contribution in [0.2, 0.25) is 5.02 Å². The van der Waals surface area contributed by atoms with Crippen molar-refractivity contribution in [1.82, 2.24) is 5.43 Å². The van der Waals surface area contributed by atoms with Crippen molar-refractivity contribution in [2.24, 2.45) is 5.10 Å². The summed E-state index contributed by atoms with van der Waals surface area (Å²) >= 11 is 5.83. The van der Waals surface area contributed by atoms with Gasteiger partial charge in [0.25, 0.3) is 0 Å². The summed E-state index contributed by atoms with van der Waals surface area (Å²) in [7, 11) is 1.54. The maximum absolute atomic E-state index is 11.7. The molecule has 0 radical (unpaired) electrons. The SMILES string of the molecule is COc1ccc(NC(=O)C(=O)N/N=C/c2cccc(Cl)c2)cc1. The van der Waals surface area contributed by atoms with Crippen LogP contribution in [0.15, 0.2) is 53.6 Å². The number of nitrogens with zero attached hydrogens (tertiary/aromatic N) is 1. The Hall–Kier alpha value is -2.86. The second-order valence-electron chi connectivity index (χ2n) is 4.44. The monoisotopic (exact) mass is 331 g/mol. The molecule has 2 rings (SSSR count). The molecule has 0 atom stereocenters. The summed E-state index contributed by atoms with van der Waals surface area (Å²) < 4.78 is 5.00. The molecule has 0 unspecified atom stereocenters. The van der Waals surface area contributed by atoms with E-state index in [-0.39, 0.29) is 0 Å². The Bertz CT molecular complexity index is 730. The first-order valence-corrected chi connectivity index (χ1v) is 7.00. The number of amides is 2. The van der Waals surface area contributed by atoms with E-state index in [9.17, 15) is 9.59 Å². The molecule has 0 saturated carbocycles. The molecular formula is C16H14ClN3O3. The van der Waals surface area contributed by atoms with Crippen molar-refractivity contribution >= 4 is 35.3 Å². The van der Waals surface area contributed by atoms with Crippen LogP contribution in [-0.2, 0) is 9.59 Å². The van der Waals surface area contributed by atoms with E-state index in [2.05, 4.69) is 15.8 Å². The van der Waals surface area contributed by atoms with Crippen LogP contribution in [0.25, 0.3) is 0 Å². The number of anilines is 1. The van der Waals surface area contributed by atoms with Crippen molar-refractivity contribution in [3.63, 3.8) is 0 Å². The van der Waals surface area contributed by atoms with Gasteiger partial charge in [-0.15, -0.1) is 0 Å². The highest BCUT2D eigenvalue weighted by Gasteiger charge is 2.12. The van der Waals surface area contributed by atoms with E-state index in [4.69, 9.17) is 16.3 Å². The lowest BCUT2D eigenvalue weighted by Gasteiger charge is -2.05. The van der Waals surface area contributed by atoms with E-state index in [1.54, 1.807) is 55.6 Å². The molecule has 23 heavy (non-hydrogen) atoms. The zero-order chi connectivity index (χ0) is 16.7. The molecule has 0 bridgehead atoms. The van der Waals surface area contributed by atoms with Crippen molar-refractivity contribution in [3.05, 3.63) is 59.1 Å². The fraction of sp³-hybridized carbons (Fsp3) is 0.0625. The number of halogens is 1. The minimum Gasteiger partial charge on any atom is -0.497 e. The molecule has 0 aliphatic carbocycles. The minimum absolute atomic E-state index is 0.477. The number of carbonyl (C=O) groups is 2. The van der Waals surface area contributed by atoms with Gasteiger partial charge in [0.2, 0.25) is 0 Å². The standard InChI is InChI=1S/C16H14ClN3O3/c1-23-14-7-5-13(6-8-14)19-15(21)16(22)20-18-10-11-3-2-4-12(17)9-11/h2-10H,1H3,(H,19,21)(H,20,22)/b18-10+. The Kier molecular flexibility index (Phi) is 5.71. The first-order chi connectivity index (χ1) is 11.1. The molecule has 2 aromatic rings. The summed E-state index contributed by atoms with van der Waals surface area (Å²) in [4.78, 5) is 23.4. The van der Waals surface area contributed by atoms with E-state index in [1.807, 2.05) is 0 Å². The highest BCUT2D eigenvalue weighted by molar-refractivity contribution is 6.39. The van der Waals surface area contributed by atoms with Crippen LogP contribution < -0.4 is 15.5 Å². The summed E-state index contributed by atoms with van der Waals surface area (Å²) in [6.45, 7) is 0. The van der Waals surface area contributed by atoms with Gasteiger partial charge in [0, 0.05) is 10.7 Å². The number of hydrogen-bond donors (Lipinski definition) is 2. The number of ether oxygens (including phenoxy) is 1. The zero-order valence-electron chi connectivity index (χ0n) is 12.2. The lowest BCUT2D eigenvalue weighted by atomic mass is 10.2. The lowest BCUT2D eigenvalue weighted by molar-refractivity contribution is -0.136. The molecule has 7 heteroatoms. The average molecular weight is 332 g/mol. The molecule has 0 aliphatic heterocycles. The number of rotatable bonds is 4. The van der Waals surface area contributed by atoms with Gasteiger partial charge in [0.05, 0.1) is 13.3 Å². The Morgan fingerprint density at radius 1 is 1.13 bits per heavy atom. The van der Waals surface area contributed by atoms with Gasteiger partial charge >= 0.3 is 11.8 Å². The maximum Gasteiger partial charge on any atom is 0.329 e. The van der Waals surface area contributed by atoms with E-state index in [0.717, 1.165) is 0 Å². The Labute approximate surface area is 138 Å². The van der Waals surface area contributed by atoms with Gasteiger partial charge in [-0.1, -0.05) is 23.7 Å². The Balaban J connectivity index is 1.88. The smallest absolute Gasteiger partial charge is 0.329 e. The van der Waals surface area contributed by atoms with Crippen LogP contribution in [0.3, 0.4) is 0 Å². The number of hydrogen-bond acceptors (Lipinski definition) is 4.